The number of rotatable bonds is 29. The summed E-state index contributed by atoms with van der Waals surface area (Å²) in [5.41, 5.74) is -41.8. The highest BCUT2D eigenvalue weighted by Gasteiger charge is 2.82. The Kier molecular flexibility index (Phi) is 45.0. The molecule has 0 aromatic heterocycles. The molecule has 0 fully saturated rings. The zero-order valence-electron chi connectivity index (χ0n) is 57.7. The molecular weight excluding hydrogens is 1780 g/mol. The van der Waals surface area contributed by atoms with Crippen LogP contribution in [0.1, 0.15) is 40.5 Å². The number of aliphatic hydroxyl groups excluding tert-OH is 10. The van der Waals surface area contributed by atoms with E-state index in [2.05, 4.69) is 28.4 Å². The van der Waals surface area contributed by atoms with Crippen molar-refractivity contribution in [2.75, 3.05) is 99.1 Å². The number of carbonyl (C=O) groups excluding carboxylic acids is 6. The number of esters is 6. The highest BCUT2D eigenvalue weighted by atomic mass is 19.5. The predicted octanol–water partition coefficient (Wildman–Crippen LogP) is 1.51. The molecule has 0 aliphatic heterocycles. The Morgan fingerprint density at radius 2 is 0.479 bits per heavy atom. The highest BCUT2D eigenvalue weighted by Crippen LogP contribution is 2.50. The average molecular weight is 1840 g/mol. The fourth-order valence-electron chi connectivity index (χ4n) is 5.35. The first-order valence-corrected chi connectivity index (χ1v) is 29.1. The molecule has 3 atom stereocenters. The van der Waals surface area contributed by atoms with Crippen molar-refractivity contribution >= 4 is 35.8 Å². The molecule has 18 N–H and O–H groups in total. The summed E-state index contributed by atoms with van der Waals surface area (Å²) in [5.74, 6) is -19.3. The van der Waals surface area contributed by atoms with Gasteiger partial charge in [0.25, 0.3) is 0 Å². The van der Waals surface area contributed by atoms with E-state index in [0.29, 0.717) is 0 Å². The highest BCUT2D eigenvalue weighted by molar-refractivity contribution is 5.84. The maximum absolute atomic E-state index is 12.3. The monoisotopic (exact) mass is 1840 g/mol. The summed E-state index contributed by atoms with van der Waals surface area (Å²) in [4.78, 5) is 65.3. The van der Waals surface area contributed by atoms with E-state index < -0.39 is 277 Å². The van der Waals surface area contributed by atoms with Crippen molar-refractivity contribution in [3.63, 3.8) is 0 Å². The number of hydrogen-bond acceptors (Lipinski definition) is 30. The zero-order chi connectivity index (χ0) is 95.9. The fraction of sp³-hybridized carbons (Fsp3) is 0.882. The molecule has 0 heterocycles. The van der Waals surface area contributed by atoms with E-state index >= 15 is 0 Å². The Bertz CT molecular complexity index is 2850. The van der Waals surface area contributed by atoms with Crippen LogP contribution >= 0.6 is 0 Å². The summed E-state index contributed by atoms with van der Waals surface area (Å²) in [5, 5.41) is 156. The number of hydrogen-bond donors (Lipinski definition) is 18. The number of carbonyl (C=O) groups is 6. The van der Waals surface area contributed by atoms with E-state index in [9.17, 15) is 192 Å². The van der Waals surface area contributed by atoms with Gasteiger partial charge in [-0.2, -0.15) is 158 Å². The predicted molar refractivity (Wildman–Crippen MR) is 288 cm³/mol. The second-order valence-corrected chi connectivity index (χ2v) is 23.5. The first-order chi connectivity index (χ1) is 51.3. The summed E-state index contributed by atoms with van der Waals surface area (Å²) >= 11 is 0. The van der Waals surface area contributed by atoms with Crippen LogP contribution in [0.4, 0.5) is 158 Å². The van der Waals surface area contributed by atoms with Crippen molar-refractivity contribution in [3.8, 4) is 0 Å². The standard InChI is InChI=1S/C10H14F6O5.2C9H12F6O5.2C8H10F6O5.C7H8F6O5/c1-2-7(3-17,4-18)5-21-6(19)8(20,9(11,12)13)10(14,15)16;1-6(2-16,3-17)4-20-5(18)7(19,8(10,11)12)9(13,14)15;1-2-6(18,3-16)4-20-5(17)7(19,8(10,11)12)9(13,14)15;1-5(17,2-15)3-19-4(16)6(18,7(9,10)11)8(12,13)14;9-7(10,11)6(18,8(12,13)14)5(17)19-3-4(1-15)2-16;8-6(9,10)5(17,7(11,12)13)4(16)18-2-3(15)1-14/h17-18,20H,2-5H2,1H3;16-17,19H,2-4H2,1H3;16,18-19H,2-4H2,1H3;15,17-18H,2-3H2,1H3;4,15-16,18H,1-3H2;3,14-15,17H,1-2H2. The molecule has 30 nitrogen and oxygen atoms in total. The van der Waals surface area contributed by atoms with E-state index in [1.165, 1.54) is 13.8 Å². The van der Waals surface area contributed by atoms with E-state index in [1.807, 2.05) is 0 Å². The minimum atomic E-state index is -6.36. The first kappa shape index (κ1) is 121. The molecule has 0 saturated carbocycles. The number of alkyl halides is 36. The van der Waals surface area contributed by atoms with Crippen molar-refractivity contribution in [3.05, 3.63) is 0 Å². The van der Waals surface area contributed by atoms with Crippen LogP contribution in [0.15, 0.2) is 0 Å². The molecule has 0 saturated heterocycles. The van der Waals surface area contributed by atoms with Gasteiger partial charge in [-0.3, -0.25) is 0 Å². The zero-order valence-corrected chi connectivity index (χ0v) is 57.7. The lowest BCUT2D eigenvalue weighted by Crippen LogP contribution is -2.63. The summed E-state index contributed by atoms with van der Waals surface area (Å²) in [6.45, 7) is -11.3. The molecule has 0 amide bonds. The Hall–Kier alpha value is -6.42. The Balaban J connectivity index is -0.000000316. The third-order valence-electron chi connectivity index (χ3n) is 13.8. The Morgan fingerprint density at radius 3 is 0.658 bits per heavy atom. The minimum Gasteiger partial charge on any atom is -0.463 e. The van der Waals surface area contributed by atoms with Crippen molar-refractivity contribution in [1.82, 2.24) is 0 Å². The Morgan fingerprint density at radius 1 is 0.265 bits per heavy atom. The molecule has 0 aromatic rings. The van der Waals surface area contributed by atoms with Crippen molar-refractivity contribution < 1.29 is 307 Å². The molecule has 0 rings (SSSR count). The number of aliphatic hydroxyl groups is 18. The number of ether oxygens (including phenoxy) is 6. The van der Waals surface area contributed by atoms with Crippen LogP contribution in [-0.4, -0.2) is 352 Å². The van der Waals surface area contributed by atoms with Gasteiger partial charge in [0.2, 0.25) is 0 Å². The van der Waals surface area contributed by atoms with Gasteiger partial charge in [0.15, 0.2) is 0 Å². The molecule has 702 valence electrons. The van der Waals surface area contributed by atoms with Gasteiger partial charge in [0.05, 0.1) is 71.5 Å². The van der Waals surface area contributed by atoms with Crippen molar-refractivity contribution in [2.24, 2.45) is 16.7 Å². The lowest BCUT2D eigenvalue weighted by Gasteiger charge is -2.32. The molecule has 0 aromatic carbocycles. The van der Waals surface area contributed by atoms with Gasteiger partial charge >= 0.3 is 144 Å². The first-order valence-electron chi connectivity index (χ1n) is 29.1. The SMILES string of the molecule is CC(CO)(CO)COC(=O)C(O)(C(F)(F)F)C(F)(F)F.CC(O)(CO)COC(=O)C(O)(C(F)(F)F)C(F)(F)F.CCC(CO)(CO)COC(=O)C(O)(C(F)(F)F)C(F)(F)F.CCC(O)(CO)COC(=O)C(O)(C(F)(F)F)C(F)(F)F.O=C(OCC(CO)CO)C(O)(C(F)(F)F)C(F)(F)F.O=C(OCC(O)CO)C(O)(C(F)(F)F)C(F)(F)F. The smallest absolute Gasteiger partial charge is 0.437 e. The van der Waals surface area contributed by atoms with E-state index in [-0.39, 0.29) is 12.8 Å². The van der Waals surface area contributed by atoms with Crippen molar-refractivity contribution in [1.29, 1.82) is 0 Å². The molecule has 0 aliphatic carbocycles. The molecule has 0 radical (unpaired) electrons. The van der Waals surface area contributed by atoms with Gasteiger partial charge in [-0.15, -0.1) is 0 Å². The van der Waals surface area contributed by atoms with E-state index in [1.54, 1.807) is 0 Å². The third kappa shape index (κ3) is 31.2. The molecule has 117 heavy (non-hydrogen) atoms. The lowest BCUT2D eigenvalue weighted by atomic mass is 9.88. The molecule has 0 bridgehead atoms. The second kappa shape index (κ2) is 43.4. The van der Waals surface area contributed by atoms with Crippen molar-refractivity contribution in [2.45, 2.75) is 166 Å². The topological polar surface area (TPSA) is 522 Å². The van der Waals surface area contributed by atoms with Crippen LogP contribution in [0.2, 0.25) is 0 Å². The van der Waals surface area contributed by atoms with Crippen LogP contribution in [-0.2, 0) is 57.2 Å². The molecule has 66 heteroatoms. The normalized spacial score (nSPS) is 15.2. The second-order valence-electron chi connectivity index (χ2n) is 23.5. The molecular formula is C51H66F36O30. The molecule has 0 spiro atoms. The van der Waals surface area contributed by atoms with Crippen LogP contribution in [0.5, 0.6) is 0 Å². The molecule has 0 aliphatic rings. The summed E-state index contributed by atoms with van der Waals surface area (Å²) in [6.07, 6.45) is -78.4. The van der Waals surface area contributed by atoms with Gasteiger partial charge in [-0.1, -0.05) is 20.8 Å². The fourth-order valence-corrected chi connectivity index (χ4v) is 5.35. The largest absolute Gasteiger partial charge is 0.463 e. The van der Waals surface area contributed by atoms with Gasteiger partial charge in [0, 0.05) is 11.3 Å². The molecule has 3 unspecified atom stereocenters. The quantitative estimate of drug-likeness (QED) is 0.0287. The van der Waals surface area contributed by atoms with Crippen LogP contribution in [0.25, 0.3) is 0 Å². The Labute approximate surface area is 624 Å². The van der Waals surface area contributed by atoms with E-state index in [4.69, 9.17) is 86.8 Å². The lowest BCUT2D eigenvalue weighted by molar-refractivity contribution is -0.358. The summed E-state index contributed by atoms with van der Waals surface area (Å²) < 4.78 is 462. The van der Waals surface area contributed by atoms with E-state index in [0.717, 1.165) is 13.8 Å². The van der Waals surface area contributed by atoms with Gasteiger partial charge in [-0.05, 0) is 19.8 Å². The maximum atomic E-state index is 12.3. The maximum Gasteiger partial charge on any atom is 0.437 e. The van der Waals surface area contributed by atoms with Crippen LogP contribution in [0, 0.1) is 16.7 Å². The van der Waals surface area contributed by atoms with Gasteiger partial charge in [-0.25, -0.2) is 28.8 Å². The average Bonchev–Trinajstić information content (AvgIpc) is 0.792. The third-order valence-corrected chi connectivity index (χ3v) is 13.8. The van der Waals surface area contributed by atoms with Gasteiger partial charge < -0.3 is 120 Å². The van der Waals surface area contributed by atoms with Gasteiger partial charge in [0.1, 0.15) is 50.3 Å². The van der Waals surface area contributed by atoms with Crippen LogP contribution in [0.3, 0.4) is 0 Å². The number of halogens is 36. The summed E-state index contributed by atoms with van der Waals surface area (Å²) in [7, 11) is 0. The van der Waals surface area contributed by atoms with Crippen LogP contribution < -0.4 is 0 Å². The minimum absolute atomic E-state index is 0.0935. The summed E-state index contributed by atoms with van der Waals surface area (Å²) in [6, 6.07) is 0.